The zero-order valence-corrected chi connectivity index (χ0v) is 7.95. The Morgan fingerprint density at radius 2 is 2.40 bits per heavy atom. The number of nitrogens with zero attached hydrogens (tertiary/aromatic N) is 2. The van der Waals surface area contributed by atoms with E-state index in [9.17, 15) is 0 Å². The van der Waals surface area contributed by atoms with Gasteiger partial charge in [0.15, 0.2) is 0 Å². The van der Waals surface area contributed by atoms with Crippen LogP contribution >= 0.6 is 21.0 Å². The Bertz CT molecular complexity index is 210. The fourth-order valence-electron chi connectivity index (χ4n) is 0.597. The topological polar surface area (TPSA) is 16.1 Å². The lowest BCUT2D eigenvalue weighted by molar-refractivity contribution is 1.24. The molecule has 0 atom stereocenters. The van der Waals surface area contributed by atoms with Crippen LogP contribution in [-0.2, 0) is 0 Å². The van der Waals surface area contributed by atoms with Gasteiger partial charge >= 0.3 is 0 Å². The summed E-state index contributed by atoms with van der Waals surface area (Å²) in [6.07, 6.45) is 1.80. The van der Waals surface area contributed by atoms with Gasteiger partial charge in [-0.2, -0.15) is 0 Å². The fourth-order valence-corrected chi connectivity index (χ4v) is 1.23. The predicted octanol–water partition coefficient (Wildman–Crippen LogP) is 1.84. The first kappa shape index (κ1) is 7.65. The van der Waals surface area contributed by atoms with Gasteiger partial charge in [0, 0.05) is 13.2 Å². The van der Waals surface area contributed by atoms with Crippen molar-refractivity contribution in [2.45, 2.75) is 0 Å². The molecule has 0 spiro atoms. The van der Waals surface area contributed by atoms with Crippen molar-refractivity contribution in [1.29, 1.82) is 0 Å². The molecule has 0 bridgehead atoms. The van der Waals surface area contributed by atoms with Crippen molar-refractivity contribution in [3.05, 3.63) is 24.4 Å². The molecule has 0 aliphatic heterocycles. The second-order valence-corrected chi connectivity index (χ2v) is 3.91. The molecule has 3 heteroatoms. The summed E-state index contributed by atoms with van der Waals surface area (Å²) in [7, 11) is 2.02. The summed E-state index contributed by atoms with van der Waals surface area (Å²) in [6, 6.07) is 5.89. The minimum Gasteiger partial charge on any atom is -0.308 e. The number of hydrogen-bond acceptors (Lipinski definition) is 2. The van der Waals surface area contributed by atoms with Crippen LogP contribution in [0.15, 0.2) is 24.4 Å². The molecule has 0 saturated heterocycles. The van der Waals surface area contributed by atoms with Gasteiger partial charge in [-0.15, -0.1) is 0 Å². The van der Waals surface area contributed by atoms with E-state index in [-0.39, 0.29) is 21.0 Å². The zero-order valence-electron chi connectivity index (χ0n) is 5.79. The Hall–Kier alpha value is -0.450. The van der Waals surface area contributed by atoms with Gasteiger partial charge in [0.2, 0.25) is 0 Å². The lowest BCUT2D eigenvalue weighted by Crippen LogP contribution is -2.02. The molecule has 0 aliphatic rings. The van der Waals surface area contributed by atoms with Crippen LogP contribution in [0, 0.1) is 0 Å². The van der Waals surface area contributed by atoms with Gasteiger partial charge in [-0.3, -0.25) is 0 Å². The Morgan fingerprint density at radius 1 is 1.60 bits per heavy atom. The lowest BCUT2D eigenvalue weighted by atomic mass is 10.5. The minimum absolute atomic E-state index is 0.113. The van der Waals surface area contributed by atoms with E-state index in [1.54, 1.807) is 6.20 Å². The van der Waals surface area contributed by atoms with E-state index in [1.807, 2.05) is 25.2 Å². The maximum absolute atomic E-state index is 4.16. The Balaban J connectivity index is 2.84. The standard InChI is InChI=1S/C7H9IN2/c1-8-10(2)7-5-3-4-6-9-7/h3-6H,1H2,2H3. The quantitative estimate of drug-likeness (QED) is 0.586. The van der Waals surface area contributed by atoms with Crippen molar-refractivity contribution in [2.75, 3.05) is 10.2 Å². The van der Waals surface area contributed by atoms with E-state index in [2.05, 4.69) is 12.6 Å². The summed E-state index contributed by atoms with van der Waals surface area (Å²) < 4.78 is 5.95. The molecule has 0 saturated carbocycles. The van der Waals surface area contributed by atoms with Crippen LogP contribution in [0.5, 0.6) is 0 Å². The third-order valence-corrected chi connectivity index (χ3v) is 2.66. The highest BCUT2D eigenvalue weighted by Crippen LogP contribution is 2.13. The third kappa shape index (κ3) is 1.76. The first-order chi connectivity index (χ1) is 4.84. The molecule has 54 valence electrons. The third-order valence-electron chi connectivity index (χ3n) is 1.14. The summed E-state index contributed by atoms with van der Waals surface area (Å²) in [4.78, 5) is 4.16. The molecule has 0 aliphatic carbocycles. The van der Waals surface area contributed by atoms with E-state index < -0.39 is 0 Å². The zero-order chi connectivity index (χ0) is 7.40. The van der Waals surface area contributed by atoms with Crippen molar-refractivity contribution in [3.8, 4) is 0 Å². The molecule has 1 aromatic rings. The molecule has 1 rings (SSSR count). The highest BCUT2D eigenvalue weighted by molar-refractivity contribution is 14.2. The van der Waals surface area contributed by atoms with Crippen molar-refractivity contribution >= 4 is 31.3 Å². The SMILES string of the molecule is C=IN(C)c1ccccn1. The molecule has 0 aromatic carbocycles. The van der Waals surface area contributed by atoms with E-state index in [0.29, 0.717) is 0 Å². The molecule has 1 aromatic heterocycles. The number of pyridine rings is 1. The van der Waals surface area contributed by atoms with Gasteiger partial charge in [-0.1, -0.05) is 6.07 Å². The largest absolute Gasteiger partial charge is 0.308 e. The molecular weight excluding hydrogens is 239 g/mol. The maximum atomic E-state index is 4.16. The molecule has 0 amide bonds. The highest BCUT2D eigenvalue weighted by Gasteiger charge is 1.93. The summed E-state index contributed by atoms with van der Waals surface area (Å²) in [6.45, 7) is 0. The van der Waals surface area contributed by atoms with Crippen LogP contribution in [0.3, 0.4) is 0 Å². The molecule has 0 N–H and O–H groups in total. The second-order valence-electron chi connectivity index (χ2n) is 1.78. The minimum atomic E-state index is -0.113. The molecule has 0 unspecified atom stereocenters. The smallest absolute Gasteiger partial charge is 0.136 e. The van der Waals surface area contributed by atoms with Crippen LogP contribution in [0.25, 0.3) is 0 Å². The van der Waals surface area contributed by atoms with Crippen LogP contribution in [0.1, 0.15) is 0 Å². The maximum Gasteiger partial charge on any atom is 0.136 e. The molecule has 10 heavy (non-hydrogen) atoms. The number of anilines is 1. The average Bonchev–Trinajstić information content (AvgIpc) is 2.05. The van der Waals surface area contributed by atoms with Crippen molar-refractivity contribution in [1.82, 2.24) is 4.98 Å². The van der Waals surface area contributed by atoms with Crippen LogP contribution < -0.4 is 3.11 Å². The van der Waals surface area contributed by atoms with Gasteiger partial charge in [-0.05, 0) is 37.7 Å². The molecular formula is C7H9IN2. The van der Waals surface area contributed by atoms with E-state index in [1.165, 1.54) is 0 Å². The van der Waals surface area contributed by atoms with E-state index in [4.69, 9.17) is 0 Å². The van der Waals surface area contributed by atoms with E-state index >= 15 is 0 Å². The van der Waals surface area contributed by atoms with Gasteiger partial charge in [0.05, 0.1) is 0 Å². The number of aromatic nitrogens is 1. The van der Waals surface area contributed by atoms with Crippen molar-refractivity contribution < 1.29 is 0 Å². The molecule has 1 heterocycles. The van der Waals surface area contributed by atoms with Crippen molar-refractivity contribution in [2.24, 2.45) is 0 Å². The van der Waals surface area contributed by atoms with Gasteiger partial charge in [0.25, 0.3) is 0 Å². The summed E-state index contributed by atoms with van der Waals surface area (Å²) in [5.74, 6) is 1.02. The molecule has 0 fully saturated rings. The Kier molecular flexibility index (Phi) is 2.80. The number of rotatable bonds is 2. The Morgan fingerprint density at radius 3 is 2.90 bits per heavy atom. The number of hydrogen-bond donors (Lipinski definition) is 0. The average molecular weight is 248 g/mol. The van der Waals surface area contributed by atoms with Gasteiger partial charge < -0.3 is 3.11 Å². The molecule has 2 nitrogen and oxygen atoms in total. The van der Waals surface area contributed by atoms with Crippen molar-refractivity contribution in [3.63, 3.8) is 0 Å². The fraction of sp³-hybridized carbons (Fsp3) is 0.143. The summed E-state index contributed by atoms with van der Waals surface area (Å²) in [5.41, 5.74) is 0. The first-order valence-electron chi connectivity index (χ1n) is 2.88. The predicted molar refractivity (Wildman–Crippen MR) is 53.8 cm³/mol. The first-order valence-corrected chi connectivity index (χ1v) is 5.37. The highest BCUT2D eigenvalue weighted by atomic mass is 127. The summed E-state index contributed by atoms with van der Waals surface area (Å²) >= 11 is -0.113. The van der Waals surface area contributed by atoms with Crippen LogP contribution in [-0.4, -0.2) is 16.5 Å². The van der Waals surface area contributed by atoms with E-state index in [0.717, 1.165) is 5.82 Å². The normalized spacial score (nSPS) is 9.30. The molecule has 0 radical (unpaired) electrons. The summed E-state index contributed by atoms with van der Waals surface area (Å²) in [5, 5.41) is 0. The van der Waals surface area contributed by atoms with Gasteiger partial charge in [-0.25, -0.2) is 4.98 Å². The lowest BCUT2D eigenvalue weighted by Gasteiger charge is -2.08. The second kappa shape index (κ2) is 3.65. The van der Waals surface area contributed by atoms with Crippen LogP contribution in [0.2, 0.25) is 0 Å². The van der Waals surface area contributed by atoms with Gasteiger partial charge in [0.1, 0.15) is 5.82 Å². The van der Waals surface area contributed by atoms with Crippen LogP contribution in [0.4, 0.5) is 5.82 Å². The number of halogens is 1. The Labute approximate surface area is 71.0 Å². The monoisotopic (exact) mass is 248 g/mol.